The first-order valence-electron chi connectivity index (χ1n) is 13.4. The summed E-state index contributed by atoms with van der Waals surface area (Å²) in [4.78, 5) is 0. The summed E-state index contributed by atoms with van der Waals surface area (Å²) >= 11 is 0. The zero-order chi connectivity index (χ0) is 26.9. The van der Waals surface area contributed by atoms with Gasteiger partial charge in [0.15, 0.2) is 6.40 Å². The topological polar surface area (TPSA) is 38.0 Å². The largest absolute Gasteiger partial charge is 0.446 e. The maximum atomic E-state index is 7.45. The Morgan fingerprint density at radius 3 is 1.98 bits per heavy atom. The molecule has 0 spiro atoms. The third-order valence-electron chi connectivity index (χ3n) is 7.48. The summed E-state index contributed by atoms with van der Waals surface area (Å²) in [5.41, 5.74) is 10.2. The molecule has 0 atom stereocenters. The fourth-order valence-corrected chi connectivity index (χ4v) is 5.70. The van der Waals surface area contributed by atoms with Crippen LogP contribution in [0.2, 0.25) is 0 Å². The molecule has 1 N–H and O–H groups in total. The number of hydrogen-bond donors (Lipinski definition) is 1. The van der Waals surface area contributed by atoms with Crippen LogP contribution in [0.25, 0.3) is 60.9 Å². The predicted molar refractivity (Wildman–Crippen MR) is 167 cm³/mol. The van der Waals surface area contributed by atoms with Crippen LogP contribution in [0, 0.1) is 5.41 Å². The molecule has 1 heterocycles. The zero-order valence-corrected chi connectivity index (χ0v) is 21.8. The van der Waals surface area contributed by atoms with E-state index < -0.39 is 0 Å². The van der Waals surface area contributed by atoms with E-state index in [1.165, 1.54) is 27.4 Å². The van der Waals surface area contributed by atoms with Crippen molar-refractivity contribution in [3.8, 4) is 44.8 Å². The fourth-order valence-electron chi connectivity index (χ4n) is 5.70. The highest BCUT2D eigenvalue weighted by molar-refractivity contribution is 6.10. The van der Waals surface area contributed by atoms with E-state index in [-0.39, 0.29) is 0 Å². The van der Waals surface area contributed by atoms with E-state index in [9.17, 15) is 0 Å². The number of para-hydroxylation sites is 3. The molecule has 0 saturated heterocycles. The first-order chi connectivity index (χ1) is 19.8. The van der Waals surface area contributed by atoms with Crippen LogP contribution in [0.4, 0.5) is 0 Å². The highest BCUT2D eigenvalue weighted by Crippen LogP contribution is 2.39. The quantitative estimate of drug-likeness (QED) is 0.174. The van der Waals surface area contributed by atoms with E-state index in [0.717, 1.165) is 39.9 Å². The van der Waals surface area contributed by atoms with E-state index in [4.69, 9.17) is 10.1 Å². The van der Waals surface area contributed by atoms with Crippen LogP contribution < -0.4 is 4.74 Å². The summed E-state index contributed by atoms with van der Waals surface area (Å²) in [7, 11) is 0. The smallest absolute Gasteiger partial charge is 0.173 e. The van der Waals surface area contributed by atoms with Crippen LogP contribution in [-0.4, -0.2) is 11.0 Å². The van der Waals surface area contributed by atoms with Gasteiger partial charge in [0.2, 0.25) is 0 Å². The third-order valence-corrected chi connectivity index (χ3v) is 7.48. The summed E-state index contributed by atoms with van der Waals surface area (Å²) in [6, 6.07) is 50.9. The van der Waals surface area contributed by atoms with Crippen molar-refractivity contribution in [2.75, 3.05) is 0 Å². The molecule has 0 aliphatic carbocycles. The lowest BCUT2D eigenvalue weighted by molar-refractivity contribution is 0.572. The second kappa shape index (κ2) is 10.0. The number of benzene rings is 6. The Labute approximate surface area is 233 Å². The molecule has 0 aliphatic heterocycles. The average Bonchev–Trinajstić information content (AvgIpc) is 3.36. The first-order valence-corrected chi connectivity index (χ1v) is 13.4. The van der Waals surface area contributed by atoms with Crippen LogP contribution in [0.1, 0.15) is 0 Å². The monoisotopic (exact) mass is 514 g/mol. The molecule has 0 radical (unpaired) electrons. The van der Waals surface area contributed by atoms with E-state index >= 15 is 0 Å². The van der Waals surface area contributed by atoms with Gasteiger partial charge in [0.25, 0.3) is 0 Å². The van der Waals surface area contributed by atoms with Crippen LogP contribution in [0.15, 0.2) is 146 Å². The van der Waals surface area contributed by atoms with Crippen molar-refractivity contribution in [1.82, 2.24) is 4.57 Å². The molecule has 190 valence electrons. The van der Waals surface area contributed by atoms with Crippen LogP contribution in [-0.2, 0) is 0 Å². The third kappa shape index (κ3) is 4.05. The van der Waals surface area contributed by atoms with E-state index in [1.807, 2.05) is 30.3 Å². The van der Waals surface area contributed by atoms with Crippen molar-refractivity contribution in [2.45, 2.75) is 0 Å². The molecule has 0 bridgehead atoms. The lowest BCUT2D eigenvalue weighted by atomic mass is 9.92. The molecule has 7 rings (SSSR count). The molecule has 0 aliphatic rings. The maximum Gasteiger partial charge on any atom is 0.173 e. The summed E-state index contributed by atoms with van der Waals surface area (Å²) in [5.74, 6) is 0.668. The van der Waals surface area contributed by atoms with Gasteiger partial charge in [0, 0.05) is 22.0 Å². The van der Waals surface area contributed by atoms with Gasteiger partial charge in [0.05, 0.1) is 11.0 Å². The van der Waals surface area contributed by atoms with E-state index in [1.54, 1.807) is 0 Å². The number of rotatable bonds is 6. The van der Waals surface area contributed by atoms with E-state index in [0.29, 0.717) is 5.75 Å². The van der Waals surface area contributed by atoms with Gasteiger partial charge >= 0.3 is 0 Å². The van der Waals surface area contributed by atoms with Gasteiger partial charge in [-0.3, -0.25) is 5.41 Å². The highest BCUT2D eigenvalue weighted by Gasteiger charge is 2.15. The molecule has 7 aromatic rings. The lowest BCUT2D eigenvalue weighted by Gasteiger charge is -2.14. The Kier molecular flexibility index (Phi) is 5.95. The number of fused-ring (bicyclic) bond motifs is 3. The Bertz CT molecular complexity index is 2000. The predicted octanol–water partition coefficient (Wildman–Crippen LogP) is 9.77. The molecule has 3 nitrogen and oxygen atoms in total. The summed E-state index contributed by atoms with van der Waals surface area (Å²) < 4.78 is 7.87. The zero-order valence-electron chi connectivity index (χ0n) is 21.8. The maximum absolute atomic E-state index is 7.45. The van der Waals surface area contributed by atoms with Gasteiger partial charge in [-0.25, -0.2) is 0 Å². The lowest BCUT2D eigenvalue weighted by Crippen LogP contribution is -1.93. The number of hydrogen-bond acceptors (Lipinski definition) is 2. The molecule has 40 heavy (non-hydrogen) atoms. The summed E-state index contributed by atoms with van der Waals surface area (Å²) in [6.45, 7) is 0. The number of nitrogens with one attached hydrogen (secondary N) is 1. The molecular formula is C37H26N2O. The highest BCUT2D eigenvalue weighted by atomic mass is 16.5. The van der Waals surface area contributed by atoms with Crippen molar-refractivity contribution >= 4 is 28.2 Å². The van der Waals surface area contributed by atoms with Gasteiger partial charge in [-0.05, 0) is 70.3 Å². The molecule has 0 saturated carbocycles. The Balaban J connectivity index is 1.37. The Hall–Kier alpha value is -5.41. The van der Waals surface area contributed by atoms with Crippen LogP contribution in [0.5, 0.6) is 5.75 Å². The van der Waals surface area contributed by atoms with Crippen LogP contribution >= 0.6 is 0 Å². The second-order valence-electron chi connectivity index (χ2n) is 9.78. The normalized spacial score (nSPS) is 11.1. The molecule has 6 aromatic carbocycles. The molecular weight excluding hydrogens is 488 g/mol. The minimum Gasteiger partial charge on any atom is -0.446 e. The number of aromatic nitrogens is 1. The molecule has 0 unspecified atom stereocenters. The molecule has 3 heteroatoms. The van der Waals surface area contributed by atoms with Crippen molar-refractivity contribution in [1.29, 1.82) is 5.41 Å². The van der Waals surface area contributed by atoms with Gasteiger partial charge in [-0.1, -0.05) is 103 Å². The minimum atomic E-state index is 0.668. The standard InChI is InChI=1S/C37H26N2O/c38-25-40-37-20-9-7-18-33(37)31-16-5-4-15-30(31)28-12-10-11-26(23-28)27-21-22-36-34(24-27)32-17-6-8-19-35(32)39(36)29-13-2-1-3-14-29/h1-25,38H. The van der Waals surface area contributed by atoms with Crippen molar-refractivity contribution in [3.63, 3.8) is 0 Å². The second-order valence-corrected chi connectivity index (χ2v) is 9.78. The van der Waals surface area contributed by atoms with Gasteiger partial charge in [-0.15, -0.1) is 0 Å². The molecule has 1 aromatic heterocycles. The van der Waals surface area contributed by atoms with Gasteiger partial charge in [0.1, 0.15) is 5.75 Å². The fraction of sp³-hybridized carbons (Fsp3) is 0. The Morgan fingerprint density at radius 1 is 0.475 bits per heavy atom. The van der Waals surface area contributed by atoms with E-state index in [2.05, 4.69) is 120 Å². The first kappa shape index (κ1) is 23.7. The minimum absolute atomic E-state index is 0.668. The van der Waals surface area contributed by atoms with Gasteiger partial charge in [-0.2, -0.15) is 0 Å². The van der Waals surface area contributed by atoms with Crippen LogP contribution in [0.3, 0.4) is 0 Å². The van der Waals surface area contributed by atoms with Crippen molar-refractivity contribution in [2.24, 2.45) is 0 Å². The van der Waals surface area contributed by atoms with Crippen molar-refractivity contribution < 1.29 is 4.74 Å². The molecule has 0 amide bonds. The van der Waals surface area contributed by atoms with Gasteiger partial charge < -0.3 is 9.30 Å². The SMILES string of the molecule is N=COc1ccccc1-c1ccccc1-c1cccc(-c2ccc3c(c2)c2ccccc2n3-c2ccccc2)c1. The van der Waals surface area contributed by atoms with Crippen molar-refractivity contribution in [3.05, 3.63) is 146 Å². The summed E-state index contributed by atoms with van der Waals surface area (Å²) in [6.07, 6.45) is 0.979. The summed E-state index contributed by atoms with van der Waals surface area (Å²) in [5, 5.41) is 9.93. The number of nitrogens with zero attached hydrogens (tertiary/aromatic N) is 1. The number of ether oxygens (including phenoxy) is 1. The average molecular weight is 515 g/mol. The molecule has 0 fully saturated rings. The Morgan fingerprint density at radius 2 is 1.12 bits per heavy atom.